The predicted molar refractivity (Wildman–Crippen MR) is 80.0 cm³/mol. The Balaban J connectivity index is 2.01. The molecule has 18 heavy (non-hydrogen) atoms. The number of nitrogens with two attached hydrogens (primary N) is 1. The van der Waals surface area contributed by atoms with Gasteiger partial charge in [0.15, 0.2) is 0 Å². The van der Waals surface area contributed by atoms with Gasteiger partial charge in [-0.25, -0.2) is 0 Å². The lowest BCUT2D eigenvalue weighted by Crippen LogP contribution is -2.40. The topological polar surface area (TPSA) is 29.3 Å². The van der Waals surface area contributed by atoms with Crippen molar-refractivity contribution in [3.05, 3.63) is 21.9 Å². The summed E-state index contributed by atoms with van der Waals surface area (Å²) < 4.78 is 0. The molecular weight excluding hydrogens is 240 g/mol. The number of rotatable bonds is 4. The maximum absolute atomic E-state index is 6.02. The number of thiophene rings is 1. The zero-order valence-electron chi connectivity index (χ0n) is 11.9. The van der Waals surface area contributed by atoms with Gasteiger partial charge in [0.1, 0.15) is 0 Å². The first-order valence-electron chi connectivity index (χ1n) is 7.11. The minimum absolute atomic E-state index is 0.443. The summed E-state index contributed by atoms with van der Waals surface area (Å²) in [6.07, 6.45) is 2.66. The fraction of sp³-hybridized carbons (Fsp3) is 0.733. The molecule has 1 aliphatic rings. The van der Waals surface area contributed by atoms with Gasteiger partial charge >= 0.3 is 0 Å². The van der Waals surface area contributed by atoms with Crippen LogP contribution in [0.4, 0.5) is 0 Å². The Bertz CT molecular complexity index is 364. The lowest BCUT2D eigenvalue weighted by atomic mass is 9.86. The van der Waals surface area contributed by atoms with E-state index in [0.717, 1.165) is 18.4 Å². The summed E-state index contributed by atoms with van der Waals surface area (Å²) in [6.45, 7) is 10.1. The smallest absolute Gasteiger partial charge is 0.0566 e. The van der Waals surface area contributed by atoms with Crippen LogP contribution in [0, 0.1) is 18.8 Å². The van der Waals surface area contributed by atoms with Crippen LogP contribution in [0.3, 0.4) is 0 Å². The largest absolute Gasteiger partial charge is 0.329 e. The third-order valence-corrected chi connectivity index (χ3v) is 5.51. The van der Waals surface area contributed by atoms with E-state index in [9.17, 15) is 0 Å². The highest BCUT2D eigenvalue weighted by molar-refractivity contribution is 7.10. The van der Waals surface area contributed by atoms with Gasteiger partial charge in [0, 0.05) is 11.4 Å². The maximum atomic E-state index is 6.02. The van der Waals surface area contributed by atoms with Gasteiger partial charge in [0.2, 0.25) is 0 Å². The molecule has 1 aliphatic heterocycles. The average molecular weight is 266 g/mol. The lowest BCUT2D eigenvalue weighted by molar-refractivity contribution is 0.118. The van der Waals surface area contributed by atoms with Crippen LogP contribution in [0.1, 0.15) is 43.2 Å². The Morgan fingerprint density at radius 2 is 2.06 bits per heavy atom. The van der Waals surface area contributed by atoms with Crippen LogP contribution in [-0.2, 0) is 0 Å². The van der Waals surface area contributed by atoms with Gasteiger partial charge < -0.3 is 5.73 Å². The summed E-state index contributed by atoms with van der Waals surface area (Å²) in [6, 6.07) is 2.65. The van der Waals surface area contributed by atoms with Gasteiger partial charge in [-0.05, 0) is 61.7 Å². The van der Waals surface area contributed by atoms with Crippen molar-refractivity contribution in [1.82, 2.24) is 4.90 Å². The highest BCUT2D eigenvalue weighted by Crippen LogP contribution is 2.33. The average Bonchev–Trinajstić information content (AvgIpc) is 2.78. The molecule has 0 amide bonds. The van der Waals surface area contributed by atoms with Crippen molar-refractivity contribution in [2.75, 3.05) is 19.6 Å². The van der Waals surface area contributed by atoms with Gasteiger partial charge in [-0.15, -0.1) is 11.3 Å². The molecule has 2 rings (SSSR count). The van der Waals surface area contributed by atoms with E-state index >= 15 is 0 Å². The van der Waals surface area contributed by atoms with Crippen molar-refractivity contribution in [3.8, 4) is 0 Å². The van der Waals surface area contributed by atoms with Gasteiger partial charge in [0.25, 0.3) is 0 Å². The van der Waals surface area contributed by atoms with E-state index in [4.69, 9.17) is 5.73 Å². The highest BCUT2D eigenvalue weighted by Gasteiger charge is 2.27. The molecule has 1 aromatic heterocycles. The molecule has 0 saturated carbocycles. The fourth-order valence-corrected chi connectivity index (χ4v) is 4.12. The molecule has 2 heterocycles. The molecule has 2 N–H and O–H groups in total. The van der Waals surface area contributed by atoms with Crippen molar-refractivity contribution >= 4 is 11.3 Å². The molecule has 1 unspecified atom stereocenters. The zero-order chi connectivity index (χ0) is 13.1. The third-order valence-electron chi connectivity index (χ3n) is 4.39. The normalized spacial score (nSPS) is 20.5. The summed E-state index contributed by atoms with van der Waals surface area (Å²) in [5.74, 6) is 1.73. The van der Waals surface area contributed by atoms with E-state index in [1.165, 1.54) is 36.4 Å². The number of likely N-dealkylation sites (tertiary alicyclic amines) is 1. The van der Waals surface area contributed by atoms with Crippen LogP contribution in [-0.4, -0.2) is 24.5 Å². The van der Waals surface area contributed by atoms with Crippen molar-refractivity contribution in [1.29, 1.82) is 0 Å². The van der Waals surface area contributed by atoms with Gasteiger partial charge in [-0.3, -0.25) is 4.90 Å². The Hall–Kier alpha value is -0.380. The Morgan fingerprint density at radius 1 is 1.39 bits per heavy atom. The number of nitrogens with zero attached hydrogens (tertiary/aromatic N) is 1. The molecule has 1 atom stereocenters. The molecule has 2 nitrogen and oxygen atoms in total. The Labute approximate surface area is 115 Å². The Kier molecular flexibility index (Phi) is 4.82. The van der Waals surface area contributed by atoms with E-state index in [0.29, 0.717) is 6.04 Å². The predicted octanol–water partition coefficient (Wildman–Crippen LogP) is 3.42. The summed E-state index contributed by atoms with van der Waals surface area (Å²) >= 11 is 1.86. The molecule has 1 saturated heterocycles. The second-order valence-corrected chi connectivity index (χ2v) is 6.78. The number of hydrogen-bond acceptors (Lipinski definition) is 3. The second kappa shape index (κ2) is 6.18. The molecule has 0 aromatic carbocycles. The van der Waals surface area contributed by atoms with E-state index in [2.05, 4.69) is 37.1 Å². The lowest BCUT2D eigenvalue weighted by Gasteiger charge is -2.38. The molecule has 1 fully saturated rings. The molecular formula is C15H26N2S. The molecule has 3 heteroatoms. The summed E-state index contributed by atoms with van der Waals surface area (Å²) in [5.41, 5.74) is 7.43. The van der Waals surface area contributed by atoms with Crippen LogP contribution >= 0.6 is 11.3 Å². The first kappa shape index (κ1) is 14.0. The van der Waals surface area contributed by atoms with Gasteiger partial charge in [0.05, 0.1) is 6.04 Å². The monoisotopic (exact) mass is 266 g/mol. The first-order valence-corrected chi connectivity index (χ1v) is 7.99. The number of hydrogen-bond donors (Lipinski definition) is 1. The SMILES string of the molecule is Cc1ccsc1C(CN)N1CCC(C(C)C)CC1. The van der Waals surface area contributed by atoms with E-state index in [1.807, 2.05) is 11.3 Å². The molecule has 1 aromatic rings. The second-order valence-electron chi connectivity index (χ2n) is 5.84. The highest BCUT2D eigenvalue weighted by atomic mass is 32.1. The molecule has 102 valence electrons. The van der Waals surface area contributed by atoms with E-state index < -0.39 is 0 Å². The van der Waals surface area contributed by atoms with Crippen LogP contribution in [0.15, 0.2) is 11.4 Å². The summed E-state index contributed by atoms with van der Waals surface area (Å²) in [4.78, 5) is 4.07. The van der Waals surface area contributed by atoms with Crippen molar-refractivity contribution in [3.63, 3.8) is 0 Å². The van der Waals surface area contributed by atoms with Crippen LogP contribution in [0.2, 0.25) is 0 Å². The maximum Gasteiger partial charge on any atom is 0.0566 e. The van der Waals surface area contributed by atoms with Gasteiger partial charge in [-0.1, -0.05) is 13.8 Å². The molecule has 0 aliphatic carbocycles. The fourth-order valence-electron chi connectivity index (χ4n) is 3.05. The van der Waals surface area contributed by atoms with Crippen LogP contribution in [0.25, 0.3) is 0 Å². The van der Waals surface area contributed by atoms with Crippen LogP contribution in [0.5, 0.6) is 0 Å². The zero-order valence-corrected chi connectivity index (χ0v) is 12.7. The van der Waals surface area contributed by atoms with Crippen molar-refractivity contribution < 1.29 is 0 Å². The minimum atomic E-state index is 0.443. The van der Waals surface area contributed by atoms with E-state index in [1.54, 1.807) is 0 Å². The standard InChI is InChI=1S/C15H26N2S/c1-11(2)13-4-7-17(8-5-13)14(10-16)15-12(3)6-9-18-15/h6,9,11,13-14H,4-5,7-8,10,16H2,1-3H3. The summed E-state index contributed by atoms with van der Waals surface area (Å²) in [7, 11) is 0. The molecule has 0 spiro atoms. The molecule has 0 bridgehead atoms. The van der Waals surface area contributed by atoms with Gasteiger partial charge in [-0.2, -0.15) is 0 Å². The van der Waals surface area contributed by atoms with Crippen molar-refractivity contribution in [2.45, 2.75) is 39.7 Å². The minimum Gasteiger partial charge on any atom is -0.329 e. The number of piperidine rings is 1. The van der Waals surface area contributed by atoms with E-state index in [-0.39, 0.29) is 0 Å². The third kappa shape index (κ3) is 2.95. The first-order chi connectivity index (χ1) is 8.63. The number of aryl methyl sites for hydroxylation is 1. The Morgan fingerprint density at radius 3 is 2.50 bits per heavy atom. The quantitative estimate of drug-likeness (QED) is 0.904. The summed E-state index contributed by atoms with van der Waals surface area (Å²) in [5, 5.41) is 2.19. The van der Waals surface area contributed by atoms with Crippen molar-refractivity contribution in [2.24, 2.45) is 17.6 Å². The molecule has 0 radical (unpaired) electrons. The van der Waals surface area contributed by atoms with Crippen LogP contribution < -0.4 is 5.73 Å².